The molecule has 0 aliphatic heterocycles. The molecule has 0 spiro atoms. The molecule has 8 N–H and O–H groups in total. The van der Waals surface area contributed by atoms with E-state index in [1.165, 1.54) is 0 Å². The normalized spacial score (nSPS) is 10.9. The smallest absolute Gasteiger partial charge is 0.310 e. The molecule has 1 aromatic heterocycles. The van der Waals surface area contributed by atoms with Crippen LogP contribution in [-0.2, 0) is 16.0 Å². The maximum atomic E-state index is 12.5. The van der Waals surface area contributed by atoms with Crippen LogP contribution in [-0.4, -0.2) is 40.9 Å². The molecule has 0 aliphatic carbocycles. The Morgan fingerprint density at radius 1 is 0.968 bits per heavy atom. The third-order valence-corrected chi connectivity index (χ3v) is 5.09. The van der Waals surface area contributed by atoms with Gasteiger partial charge in [0, 0.05) is 28.6 Å². The molecular weight excluding hydrogens is 394 g/mol. The number of nitrogens with two attached hydrogens (primary N) is 2. The van der Waals surface area contributed by atoms with Crippen LogP contribution in [0.1, 0.15) is 36.0 Å². The molecule has 0 radical (unpaired) electrons. The van der Waals surface area contributed by atoms with Gasteiger partial charge < -0.3 is 26.3 Å². The summed E-state index contributed by atoms with van der Waals surface area (Å²) in [6.07, 6.45) is 2.29. The standard InChI is InChI=1S/C23H27N5O3/c24-22(25)15-6-4-14(5-7-15)21-18(13-20(30)31-11-3-1-2-10-29)17-9-8-16(23(26)27)12-19(17)28-21/h4-9,12,28-29H,1-3,10-11,13H2,(H3,24,25)(H3,26,27). The SMILES string of the molecule is N=C(N)c1ccc(-c2[nH]c3cc(C(=N)N)ccc3c2CC(=O)OCCCCCO)cc1. The highest BCUT2D eigenvalue weighted by Crippen LogP contribution is 2.32. The van der Waals surface area contributed by atoms with Crippen molar-refractivity contribution < 1.29 is 14.6 Å². The third-order valence-electron chi connectivity index (χ3n) is 5.09. The van der Waals surface area contributed by atoms with E-state index in [0.717, 1.165) is 34.1 Å². The Bertz CT molecular complexity index is 1100. The van der Waals surface area contributed by atoms with E-state index in [2.05, 4.69) is 4.98 Å². The number of aromatic nitrogens is 1. The molecule has 3 rings (SSSR count). The summed E-state index contributed by atoms with van der Waals surface area (Å²) >= 11 is 0. The first-order valence-electron chi connectivity index (χ1n) is 10.1. The Morgan fingerprint density at radius 2 is 1.65 bits per heavy atom. The van der Waals surface area contributed by atoms with Gasteiger partial charge in [0.15, 0.2) is 0 Å². The summed E-state index contributed by atoms with van der Waals surface area (Å²) in [7, 11) is 0. The summed E-state index contributed by atoms with van der Waals surface area (Å²) in [4.78, 5) is 15.8. The van der Waals surface area contributed by atoms with Crippen molar-refractivity contribution in [3.63, 3.8) is 0 Å². The Kier molecular flexibility index (Phi) is 7.04. The highest BCUT2D eigenvalue weighted by molar-refractivity contribution is 6.01. The summed E-state index contributed by atoms with van der Waals surface area (Å²) in [5, 5.41) is 24.9. The molecule has 0 aliphatic rings. The number of carbonyl (C=O) groups is 1. The first-order valence-corrected chi connectivity index (χ1v) is 10.1. The summed E-state index contributed by atoms with van der Waals surface area (Å²) < 4.78 is 5.38. The molecule has 31 heavy (non-hydrogen) atoms. The van der Waals surface area contributed by atoms with Crippen molar-refractivity contribution in [1.29, 1.82) is 10.8 Å². The summed E-state index contributed by atoms with van der Waals surface area (Å²) in [6, 6.07) is 12.6. The number of aliphatic hydroxyl groups excluding tert-OH is 1. The van der Waals surface area contributed by atoms with E-state index in [9.17, 15) is 4.79 Å². The molecule has 8 heteroatoms. The Labute approximate surface area is 180 Å². The van der Waals surface area contributed by atoms with Gasteiger partial charge in [0.1, 0.15) is 11.7 Å². The fourth-order valence-corrected chi connectivity index (χ4v) is 3.44. The van der Waals surface area contributed by atoms with Crippen LogP contribution in [0.2, 0.25) is 0 Å². The number of esters is 1. The number of amidine groups is 2. The predicted octanol–water partition coefficient (Wildman–Crippen LogP) is 2.65. The predicted molar refractivity (Wildman–Crippen MR) is 121 cm³/mol. The lowest BCUT2D eigenvalue weighted by Crippen LogP contribution is -2.11. The minimum atomic E-state index is -0.331. The van der Waals surface area contributed by atoms with E-state index >= 15 is 0 Å². The number of aliphatic hydroxyl groups is 1. The lowest BCUT2D eigenvalue weighted by molar-refractivity contribution is -0.142. The molecular formula is C23H27N5O3. The van der Waals surface area contributed by atoms with Gasteiger partial charge in [-0.15, -0.1) is 0 Å². The maximum absolute atomic E-state index is 12.5. The number of unbranched alkanes of at least 4 members (excludes halogenated alkanes) is 2. The van der Waals surface area contributed by atoms with Crippen LogP contribution in [0.3, 0.4) is 0 Å². The zero-order valence-electron chi connectivity index (χ0n) is 17.2. The molecule has 2 aromatic carbocycles. The average molecular weight is 422 g/mol. The zero-order chi connectivity index (χ0) is 22.4. The van der Waals surface area contributed by atoms with E-state index in [-0.39, 0.29) is 30.7 Å². The second-order valence-corrected chi connectivity index (χ2v) is 7.33. The number of aromatic amines is 1. The van der Waals surface area contributed by atoms with Crippen LogP contribution in [0.4, 0.5) is 0 Å². The molecule has 1 heterocycles. The molecule has 0 atom stereocenters. The van der Waals surface area contributed by atoms with Crippen molar-refractivity contribution in [2.45, 2.75) is 25.7 Å². The van der Waals surface area contributed by atoms with Gasteiger partial charge >= 0.3 is 5.97 Å². The van der Waals surface area contributed by atoms with Crippen molar-refractivity contribution in [3.05, 3.63) is 59.2 Å². The van der Waals surface area contributed by atoms with Crippen LogP contribution >= 0.6 is 0 Å². The van der Waals surface area contributed by atoms with Gasteiger partial charge in [0.05, 0.1) is 18.7 Å². The first kappa shape index (κ1) is 22.0. The lowest BCUT2D eigenvalue weighted by atomic mass is 10.0. The summed E-state index contributed by atoms with van der Waals surface area (Å²) in [6.45, 7) is 0.454. The van der Waals surface area contributed by atoms with E-state index < -0.39 is 0 Å². The van der Waals surface area contributed by atoms with Crippen molar-refractivity contribution in [2.24, 2.45) is 11.5 Å². The number of rotatable bonds is 10. The number of benzene rings is 2. The van der Waals surface area contributed by atoms with Crippen LogP contribution in [0.25, 0.3) is 22.2 Å². The highest BCUT2D eigenvalue weighted by atomic mass is 16.5. The van der Waals surface area contributed by atoms with E-state index in [0.29, 0.717) is 30.6 Å². The number of H-pyrrole nitrogens is 1. The molecule has 3 aromatic rings. The second-order valence-electron chi connectivity index (χ2n) is 7.33. The van der Waals surface area contributed by atoms with Gasteiger partial charge in [0.2, 0.25) is 0 Å². The number of hydrogen-bond donors (Lipinski definition) is 6. The largest absolute Gasteiger partial charge is 0.465 e. The fourth-order valence-electron chi connectivity index (χ4n) is 3.44. The summed E-state index contributed by atoms with van der Waals surface area (Å²) in [5.41, 5.74) is 15.5. The van der Waals surface area contributed by atoms with Crippen LogP contribution in [0.15, 0.2) is 42.5 Å². The first-order chi connectivity index (χ1) is 14.9. The second kappa shape index (κ2) is 9.90. The molecule has 0 bridgehead atoms. The topological polar surface area (TPSA) is 162 Å². The summed E-state index contributed by atoms with van der Waals surface area (Å²) in [5.74, 6) is -0.380. The average Bonchev–Trinajstić information content (AvgIpc) is 3.11. The minimum absolute atomic E-state index is 0.0145. The van der Waals surface area contributed by atoms with Crippen LogP contribution < -0.4 is 11.5 Å². The van der Waals surface area contributed by atoms with Gasteiger partial charge in [-0.05, 0) is 36.5 Å². The Balaban J connectivity index is 1.92. The van der Waals surface area contributed by atoms with Crippen LogP contribution in [0.5, 0.6) is 0 Å². The lowest BCUT2D eigenvalue weighted by Gasteiger charge is -2.08. The number of nitrogen functional groups attached to an aromatic ring is 2. The number of nitrogens with one attached hydrogen (secondary N) is 3. The van der Waals surface area contributed by atoms with E-state index in [4.69, 9.17) is 32.1 Å². The van der Waals surface area contributed by atoms with Crippen molar-refractivity contribution >= 4 is 28.5 Å². The quantitative estimate of drug-likeness (QED) is 0.128. The van der Waals surface area contributed by atoms with Crippen molar-refractivity contribution in [1.82, 2.24) is 4.98 Å². The van der Waals surface area contributed by atoms with Gasteiger partial charge in [-0.3, -0.25) is 15.6 Å². The van der Waals surface area contributed by atoms with Gasteiger partial charge in [-0.2, -0.15) is 0 Å². The van der Waals surface area contributed by atoms with Crippen molar-refractivity contribution in [3.8, 4) is 11.3 Å². The maximum Gasteiger partial charge on any atom is 0.310 e. The molecule has 0 amide bonds. The Hall–Kier alpha value is -3.65. The molecule has 0 saturated heterocycles. The molecule has 0 fully saturated rings. The minimum Gasteiger partial charge on any atom is -0.465 e. The third kappa shape index (κ3) is 5.29. The fraction of sp³-hybridized carbons (Fsp3) is 0.261. The Morgan fingerprint density at radius 3 is 2.29 bits per heavy atom. The van der Waals surface area contributed by atoms with Gasteiger partial charge in [-0.25, -0.2) is 0 Å². The van der Waals surface area contributed by atoms with Crippen molar-refractivity contribution in [2.75, 3.05) is 13.2 Å². The van der Waals surface area contributed by atoms with Gasteiger partial charge in [0.25, 0.3) is 0 Å². The molecule has 0 unspecified atom stereocenters. The number of carbonyl (C=O) groups excluding carboxylic acids is 1. The number of hydrogen-bond acceptors (Lipinski definition) is 5. The zero-order valence-corrected chi connectivity index (χ0v) is 17.2. The monoisotopic (exact) mass is 421 g/mol. The molecule has 0 saturated carbocycles. The van der Waals surface area contributed by atoms with E-state index in [1.807, 2.05) is 18.2 Å². The number of fused-ring (bicyclic) bond motifs is 1. The number of ether oxygens (including phenoxy) is 1. The highest BCUT2D eigenvalue weighted by Gasteiger charge is 2.18. The van der Waals surface area contributed by atoms with Crippen LogP contribution in [0, 0.1) is 10.8 Å². The van der Waals surface area contributed by atoms with Gasteiger partial charge in [-0.1, -0.05) is 36.4 Å². The molecule has 162 valence electrons. The van der Waals surface area contributed by atoms with E-state index in [1.54, 1.807) is 24.3 Å². The molecule has 8 nitrogen and oxygen atoms in total.